The number of amides is 1. The van der Waals surface area contributed by atoms with E-state index in [0.717, 1.165) is 25.4 Å². The Hall–Kier alpha value is -0.730. The van der Waals surface area contributed by atoms with Crippen LogP contribution in [0.3, 0.4) is 0 Å². The van der Waals surface area contributed by atoms with Gasteiger partial charge in [-0.15, -0.1) is 0 Å². The summed E-state index contributed by atoms with van der Waals surface area (Å²) in [6.07, 6.45) is 0.946. The molecule has 1 rings (SSSR count). The van der Waals surface area contributed by atoms with Gasteiger partial charge in [0, 0.05) is 13.1 Å². The molecular weight excluding hydrogens is 166 g/mol. The molecule has 0 N–H and O–H groups in total. The smallest absolute Gasteiger partial charge is 0.409 e. The number of hydrogen-bond donors (Lipinski definition) is 0. The molecule has 0 saturated carbocycles. The molecule has 1 aliphatic heterocycles. The molecule has 0 bridgehead atoms. The number of hydrogen-bond acceptors (Lipinski definition) is 2. The molecule has 1 fully saturated rings. The molecule has 0 aromatic rings. The quantitative estimate of drug-likeness (QED) is 0.626. The van der Waals surface area contributed by atoms with E-state index in [-0.39, 0.29) is 6.09 Å². The third-order valence-electron chi connectivity index (χ3n) is 2.86. The SMILES string of the molecule is CCOC(=O)N1CCC(C)C(C)C1. The van der Waals surface area contributed by atoms with Crippen LogP contribution in [0.4, 0.5) is 4.79 Å². The minimum atomic E-state index is -0.152. The largest absolute Gasteiger partial charge is 0.450 e. The summed E-state index contributed by atoms with van der Waals surface area (Å²) in [6, 6.07) is 0. The van der Waals surface area contributed by atoms with E-state index < -0.39 is 0 Å². The van der Waals surface area contributed by atoms with E-state index >= 15 is 0 Å². The van der Waals surface area contributed by atoms with Crippen molar-refractivity contribution in [3.05, 3.63) is 0 Å². The topological polar surface area (TPSA) is 29.5 Å². The van der Waals surface area contributed by atoms with Crippen LogP contribution in [0.2, 0.25) is 0 Å². The molecule has 3 heteroatoms. The predicted octanol–water partition coefficient (Wildman–Crippen LogP) is 2.12. The summed E-state index contributed by atoms with van der Waals surface area (Å²) in [7, 11) is 0. The van der Waals surface area contributed by atoms with Crippen LogP contribution < -0.4 is 0 Å². The van der Waals surface area contributed by atoms with E-state index in [1.54, 1.807) is 0 Å². The van der Waals surface area contributed by atoms with Gasteiger partial charge in [-0.2, -0.15) is 0 Å². The maximum absolute atomic E-state index is 11.4. The van der Waals surface area contributed by atoms with Gasteiger partial charge < -0.3 is 9.64 Å². The Balaban J connectivity index is 2.40. The molecule has 0 aliphatic carbocycles. The van der Waals surface area contributed by atoms with E-state index in [9.17, 15) is 4.79 Å². The van der Waals surface area contributed by atoms with Gasteiger partial charge in [-0.25, -0.2) is 4.79 Å². The summed E-state index contributed by atoms with van der Waals surface area (Å²) < 4.78 is 4.95. The van der Waals surface area contributed by atoms with Crippen LogP contribution in [0.1, 0.15) is 27.2 Å². The first-order chi connectivity index (χ1) is 6.15. The van der Waals surface area contributed by atoms with Crippen molar-refractivity contribution in [1.29, 1.82) is 0 Å². The summed E-state index contributed by atoms with van der Waals surface area (Å²) in [4.78, 5) is 13.2. The molecule has 0 radical (unpaired) electrons. The molecule has 13 heavy (non-hydrogen) atoms. The van der Waals surface area contributed by atoms with E-state index in [2.05, 4.69) is 13.8 Å². The Morgan fingerprint density at radius 2 is 2.15 bits per heavy atom. The second-order valence-electron chi connectivity index (χ2n) is 3.89. The Bertz CT molecular complexity index is 182. The van der Waals surface area contributed by atoms with Crippen molar-refractivity contribution in [1.82, 2.24) is 4.90 Å². The third kappa shape index (κ3) is 2.61. The van der Waals surface area contributed by atoms with Crippen LogP contribution in [0, 0.1) is 11.8 Å². The van der Waals surface area contributed by atoms with E-state index in [0.29, 0.717) is 12.5 Å². The van der Waals surface area contributed by atoms with Gasteiger partial charge in [-0.1, -0.05) is 13.8 Å². The predicted molar refractivity (Wildman–Crippen MR) is 51.5 cm³/mol. The maximum atomic E-state index is 11.4. The molecule has 1 aliphatic rings. The summed E-state index contributed by atoms with van der Waals surface area (Å²) in [5.74, 6) is 1.32. The molecule has 0 spiro atoms. The van der Waals surface area contributed by atoms with Gasteiger partial charge >= 0.3 is 6.09 Å². The van der Waals surface area contributed by atoms with E-state index in [4.69, 9.17) is 4.74 Å². The first-order valence-electron chi connectivity index (χ1n) is 5.06. The fourth-order valence-corrected chi connectivity index (χ4v) is 1.64. The summed E-state index contributed by atoms with van der Waals surface area (Å²) in [6.45, 7) is 8.45. The third-order valence-corrected chi connectivity index (χ3v) is 2.86. The van der Waals surface area contributed by atoms with Crippen LogP contribution in [0.25, 0.3) is 0 Å². The number of carbonyl (C=O) groups excluding carboxylic acids is 1. The molecular formula is C10H19NO2. The normalized spacial score (nSPS) is 28.7. The molecule has 3 nitrogen and oxygen atoms in total. The number of ether oxygens (including phenoxy) is 1. The van der Waals surface area contributed by atoms with Crippen LogP contribution in [0.15, 0.2) is 0 Å². The van der Waals surface area contributed by atoms with Crippen LogP contribution in [-0.4, -0.2) is 30.7 Å². The molecule has 76 valence electrons. The average Bonchev–Trinajstić information content (AvgIpc) is 2.10. The highest BCUT2D eigenvalue weighted by atomic mass is 16.6. The molecule has 2 unspecified atom stereocenters. The number of nitrogens with zero attached hydrogens (tertiary/aromatic N) is 1. The van der Waals surface area contributed by atoms with Gasteiger partial charge in [-0.05, 0) is 25.2 Å². The lowest BCUT2D eigenvalue weighted by molar-refractivity contribution is 0.0785. The van der Waals surface area contributed by atoms with Crippen molar-refractivity contribution in [2.24, 2.45) is 11.8 Å². The van der Waals surface area contributed by atoms with Crippen molar-refractivity contribution in [3.8, 4) is 0 Å². The van der Waals surface area contributed by atoms with E-state index in [1.165, 1.54) is 0 Å². The van der Waals surface area contributed by atoms with Crippen molar-refractivity contribution in [2.45, 2.75) is 27.2 Å². The zero-order valence-corrected chi connectivity index (χ0v) is 8.75. The second kappa shape index (κ2) is 4.49. The van der Waals surface area contributed by atoms with Crippen molar-refractivity contribution in [2.75, 3.05) is 19.7 Å². The molecule has 0 aromatic carbocycles. The van der Waals surface area contributed by atoms with Crippen LogP contribution in [0.5, 0.6) is 0 Å². The number of rotatable bonds is 1. The second-order valence-corrected chi connectivity index (χ2v) is 3.89. The lowest BCUT2D eigenvalue weighted by Gasteiger charge is -2.34. The van der Waals surface area contributed by atoms with Crippen LogP contribution >= 0.6 is 0 Å². The Kier molecular flexibility index (Phi) is 3.58. The molecule has 1 saturated heterocycles. The molecule has 2 atom stereocenters. The average molecular weight is 185 g/mol. The van der Waals surface area contributed by atoms with Gasteiger partial charge in [0.15, 0.2) is 0 Å². The number of likely N-dealkylation sites (tertiary alicyclic amines) is 1. The van der Waals surface area contributed by atoms with Gasteiger partial charge in [0.2, 0.25) is 0 Å². The van der Waals surface area contributed by atoms with Gasteiger partial charge in [0.05, 0.1) is 6.61 Å². The van der Waals surface area contributed by atoms with Crippen LogP contribution in [-0.2, 0) is 4.74 Å². The number of carbonyl (C=O) groups is 1. The molecule has 1 amide bonds. The summed E-state index contributed by atoms with van der Waals surface area (Å²) >= 11 is 0. The lowest BCUT2D eigenvalue weighted by atomic mass is 9.89. The highest BCUT2D eigenvalue weighted by molar-refractivity contribution is 5.67. The lowest BCUT2D eigenvalue weighted by Crippen LogP contribution is -2.42. The molecule has 0 aromatic heterocycles. The fraction of sp³-hybridized carbons (Fsp3) is 0.900. The van der Waals surface area contributed by atoms with Crippen molar-refractivity contribution < 1.29 is 9.53 Å². The Labute approximate surface area is 80.1 Å². The minimum absolute atomic E-state index is 0.152. The monoisotopic (exact) mass is 185 g/mol. The van der Waals surface area contributed by atoms with Crippen molar-refractivity contribution in [3.63, 3.8) is 0 Å². The minimum Gasteiger partial charge on any atom is -0.450 e. The van der Waals surface area contributed by atoms with Gasteiger partial charge in [0.25, 0.3) is 0 Å². The summed E-state index contributed by atoms with van der Waals surface area (Å²) in [5, 5.41) is 0. The standard InChI is InChI=1S/C10H19NO2/c1-4-13-10(12)11-6-5-8(2)9(3)7-11/h8-9H,4-7H2,1-3H3. The highest BCUT2D eigenvalue weighted by Crippen LogP contribution is 2.22. The zero-order valence-electron chi connectivity index (χ0n) is 8.75. The highest BCUT2D eigenvalue weighted by Gasteiger charge is 2.26. The molecule has 1 heterocycles. The summed E-state index contributed by atoms with van der Waals surface area (Å²) in [5.41, 5.74) is 0. The zero-order chi connectivity index (χ0) is 9.84. The first-order valence-corrected chi connectivity index (χ1v) is 5.06. The number of piperidine rings is 1. The van der Waals surface area contributed by atoms with Gasteiger partial charge in [0.1, 0.15) is 0 Å². The Morgan fingerprint density at radius 3 is 2.69 bits per heavy atom. The Morgan fingerprint density at radius 1 is 1.46 bits per heavy atom. The van der Waals surface area contributed by atoms with E-state index in [1.807, 2.05) is 11.8 Å². The maximum Gasteiger partial charge on any atom is 0.409 e. The van der Waals surface area contributed by atoms with Crippen molar-refractivity contribution >= 4 is 6.09 Å². The first kappa shape index (κ1) is 10.4. The fourth-order valence-electron chi connectivity index (χ4n) is 1.64. The van der Waals surface area contributed by atoms with Gasteiger partial charge in [-0.3, -0.25) is 0 Å².